The summed E-state index contributed by atoms with van der Waals surface area (Å²) in [5.74, 6) is 3.42. The number of para-hydroxylation sites is 1. The molecule has 0 bridgehead atoms. The minimum atomic E-state index is -0.287. The van der Waals surface area contributed by atoms with E-state index in [1.165, 1.54) is 55.4 Å². The van der Waals surface area contributed by atoms with E-state index in [2.05, 4.69) is 401 Å². The molecule has 4 aliphatic rings. The van der Waals surface area contributed by atoms with Gasteiger partial charge in [0, 0.05) is 39.6 Å². The predicted octanol–water partition coefficient (Wildman–Crippen LogP) is 24.3. The molecule has 6 heteroatoms. The van der Waals surface area contributed by atoms with E-state index in [0.29, 0.717) is 0 Å². The summed E-state index contributed by atoms with van der Waals surface area (Å²) in [6.07, 6.45) is 0. The van der Waals surface area contributed by atoms with Crippen LogP contribution in [0.4, 0.5) is 34.1 Å². The number of benzene rings is 13. The van der Waals surface area contributed by atoms with Crippen LogP contribution in [0.2, 0.25) is 0 Å². The second-order valence-electron chi connectivity index (χ2n) is 37.1. The van der Waals surface area contributed by atoms with E-state index in [1.54, 1.807) is 0 Å². The van der Waals surface area contributed by atoms with Crippen molar-refractivity contribution in [3.8, 4) is 89.8 Å². The largest absolute Gasteiger partial charge is 0.458 e. The van der Waals surface area contributed by atoms with Crippen LogP contribution in [0.1, 0.15) is 158 Å². The van der Waals surface area contributed by atoms with Gasteiger partial charge in [-0.05, 0) is 209 Å². The second kappa shape index (κ2) is 25.4. The lowest BCUT2D eigenvalue weighted by Gasteiger charge is -2.45. The molecule has 0 unspecified atom stereocenters. The Kier molecular flexibility index (Phi) is 16.5. The number of hydrogen-bond acceptors (Lipinski definition) is 4. The lowest BCUT2D eigenvalue weighted by Crippen LogP contribution is -2.63. The van der Waals surface area contributed by atoms with Crippen molar-refractivity contribution < 1.29 is 9.47 Å². The van der Waals surface area contributed by atoms with Gasteiger partial charge in [0.05, 0.1) is 5.69 Å². The van der Waals surface area contributed by atoms with Gasteiger partial charge in [-0.2, -0.15) is 0 Å². The molecule has 0 spiro atoms. The fourth-order valence-electron chi connectivity index (χ4n) is 16.9. The van der Waals surface area contributed by atoms with E-state index in [1.807, 2.05) is 0 Å². The maximum atomic E-state index is 7.79. The van der Waals surface area contributed by atoms with Crippen LogP contribution in [0.25, 0.3) is 66.8 Å². The molecule has 17 rings (SSSR count). The Hall–Kier alpha value is -10.8. The minimum absolute atomic E-state index is 0.0734. The van der Waals surface area contributed by atoms with Gasteiger partial charge in [-0.3, -0.25) is 0 Å². The summed E-state index contributed by atoms with van der Waals surface area (Å²) in [6.45, 7) is 41.5. The van der Waals surface area contributed by atoms with E-state index in [-0.39, 0.29) is 45.9 Å². The zero-order valence-corrected chi connectivity index (χ0v) is 66.3. The van der Waals surface area contributed by atoms with E-state index in [9.17, 15) is 0 Å². The number of nitrogens with zero attached hydrogens (tertiary/aromatic N) is 2. The standard InChI is InChI=1S/C102H98B2N2O2/c1-97(2,3)73-46-69(47-74(56-73)98(4,5)6)67-42-44-82-90(52-67)107-92-54-71(63-32-23-19-24-33-63)50-88-94(92)103(82)84-61-85-87(62-86(84)105(88)79-59-77(101(13,14)15)58-78(60-79)102(16,17)18)106(96-80(65-36-27-21-28-37-65)40-31-41-81(96)66-38-29-22-30-39-66)89-51-72(64-34-25-20-26-35-64)55-93-95(89)104(85)83-45-43-68(53-91(83)108-93)70-48-75(99(7,8)9)57-76(49-70)100(10,11)12/h19-62H,1-18H3. The number of hydrogen-bond donors (Lipinski definition) is 0. The minimum Gasteiger partial charge on any atom is -0.458 e. The van der Waals surface area contributed by atoms with E-state index >= 15 is 0 Å². The summed E-state index contributed by atoms with van der Waals surface area (Å²) in [4.78, 5) is 5.29. The molecule has 13 aromatic rings. The normalized spacial score (nSPS) is 13.7. The Morgan fingerprint density at radius 3 is 0.898 bits per heavy atom. The topological polar surface area (TPSA) is 24.9 Å². The van der Waals surface area contributed by atoms with Gasteiger partial charge in [-0.15, -0.1) is 0 Å². The molecular weight excluding hydrogens is 1310 g/mol. The molecule has 0 atom stereocenters. The highest BCUT2D eigenvalue weighted by Crippen LogP contribution is 2.54. The SMILES string of the molecule is CC(C)(C)c1cc(-c2ccc3c(c2)Oc2cc(-c4ccccc4)cc4c2B3c2cc3c(cc2N4c2cc(C(C)(C)C)cc(C(C)(C)C)c2)N(c2c(-c4ccccc4)cccc2-c2ccccc2)c2cc(-c4ccccc4)cc4c2B3c2ccc(-c3cc(C(C)(C)C)cc(C(C)(C)C)c3)cc2O4)cc(C(C)(C)C)c1. The molecule has 534 valence electrons. The van der Waals surface area contributed by atoms with E-state index in [4.69, 9.17) is 9.47 Å². The quantitative estimate of drug-likeness (QED) is 0.142. The molecule has 0 saturated heterocycles. The highest BCUT2D eigenvalue weighted by atomic mass is 16.5. The zero-order valence-electron chi connectivity index (χ0n) is 66.3. The molecule has 0 amide bonds. The average molecular weight is 1410 g/mol. The Bertz CT molecular complexity index is 5600. The second-order valence-corrected chi connectivity index (χ2v) is 37.1. The lowest BCUT2D eigenvalue weighted by molar-refractivity contribution is 0.487. The van der Waals surface area contributed by atoms with Crippen LogP contribution in [-0.2, 0) is 32.5 Å². The summed E-state index contributed by atoms with van der Waals surface area (Å²) >= 11 is 0. The first-order chi connectivity index (χ1) is 51.3. The molecular formula is C102H98B2N2O2. The summed E-state index contributed by atoms with van der Waals surface area (Å²) in [7, 11) is 0. The first kappa shape index (κ1) is 70.2. The third kappa shape index (κ3) is 12.4. The molecule has 0 fully saturated rings. The molecule has 108 heavy (non-hydrogen) atoms. The van der Waals surface area contributed by atoms with Gasteiger partial charge in [0.15, 0.2) is 0 Å². The Balaban J connectivity index is 1.02. The third-order valence-corrected chi connectivity index (χ3v) is 23.2. The summed E-state index contributed by atoms with van der Waals surface area (Å²) in [6, 6.07) is 102. The van der Waals surface area contributed by atoms with E-state index in [0.717, 1.165) is 135 Å². The van der Waals surface area contributed by atoms with Gasteiger partial charge in [-0.25, -0.2) is 0 Å². The molecule has 13 aromatic carbocycles. The van der Waals surface area contributed by atoms with Crippen LogP contribution < -0.4 is 52.1 Å². The molecule has 0 aromatic heterocycles. The zero-order chi connectivity index (χ0) is 75.5. The molecule has 0 aliphatic carbocycles. The van der Waals surface area contributed by atoms with Crippen LogP contribution in [0.15, 0.2) is 267 Å². The van der Waals surface area contributed by atoms with E-state index < -0.39 is 0 Å². The van der Waals surface area contributed by atoms with Gasteiger partial charge < -0.3 is 19.3 Å². The molecule has 4 heterocycles. The van der Waals surface area contributed by atoms with Crippen molar-refractivity contribution in [1.82, 2.24) is 0 Å². The molecule has 0 saturated carbocycles. The van der Waals surface area contributed by atoms with Crippen LogP contribution in [0.5, 0.6) is 23.0 Å². The van der Waals surface area contributed by atoms with Gasteiger partial charge >= 0.3 is 0 Å². The van der Waals surface area contributed by atoms with Crippen LogP contribution >= 0.6 is 0 Å². The smallest absolute Gasteiger partial charge is 0.256 e. The Morgan fingerprint density at radius 1 is 0.222 bits per heavy atom. The predicted molar refractivity (Wildman–Crippen MR) is 463 cm³/mol. The van der Waals surface area contributed by atoms with Gasteiger partial charge in [-0.1, -0.05) is 337 Å². The molecule has 4 aliphatic heterocycles. The molecule has 0 N–H and O–H groups in total. The Morgan fingerprint density at radius 2 is 0.537 bits per heavy atom. The third-order valence-electron chi connectivity index (χ3n) is 23.2. The average Bonchev–Trinajstić information content (AvgIpc) is 0.685. The Labute approximate surface area is 642 Å². The summed E-state index contributed by atoms with van der Waals surface area (Å²) in [5.41, 5.74) is 34.2. The van der Waals surface area contributed by atoms with Gasteiger partial charge in [0.1, 0.15) is 23.0 Å². The van der Waals surface area contributed by atoms with Crippen molar-refractivity contribution in [2.45, 2.75) is 157 Å². The van der Waals surface area contributed by atoms with Crippen molar-refractivity contribution >= 4 is 80.3 Å². The fraction of sp³-hybridized carbons (Fsp3) is 0.235. The van der Waals surface area contributed by atoms with Crippen LogP contribution in [0.3, 0.4) is 0 Å². The molecule has 0 radical (unpaired) electrons. The monoisotopic (exact) mass is 1400 g/mol. The van der Waals surface area contributed by atoms with Crippen molar-refractivity contribution in [2.75, 3.05) is 9.80 Å². The van der Waals surface area contributed by atoms with Crippen LogP contribution in [0, 0.1) is 0 Å². The summed E-state index contributed by atoms with van der Waals surface area (Å²) in [5, 5.41) is 0. The highest BCUT2D eigenvalue weighted by Gasteiger charge is 2.49. The van der Waals surface area contributed by atoms with Crippen molar-refractivity contribution in [1.29, 1.82) is 0 Å². The van der Waals surface area contributed by atoms with Crippen molar-refractivity contribution in [2.24, 2.45) is 0 Å². The molecule has 4 nitrogen and oxygen atoms in total. The number of ether oxygens (including phenoxy) is 2. The fourth-order valence-corrected chi connectivity index (χ4v) is 16.9. The van der Waals surface area contributed by atoms with Gasteiger partial charge in [0.2, 0.25) is 0 Å². The van der Waals surface area contributed by atoms with Gasteiger partial charge in [0.25, 0.3) is 13.4 Å². The number of anilines is 6. The van der Waals surface area contributed by atoms with Crippen LogP contribution in [-0.4, -0.2) is 13.4 Å². The maximum Gasteiger partial charge on any atom is 0.256 e. The van der Waals surface area contributed by atoms with Crippen molar-refractivity contribution in [3.05, 3.63) is 300 Å². The lowest BCUT2D eigenvalue weighted by atomic mass is 9.30. The highest BCUT2D eigenvalue weighted by molar-refractivity contribution is 7.02. The number of rotatable bonds is 8. The summed E-state index contributed by atoms with van der Waals surface area (Å²) < 4.78 is 15.5. The number of fused-ring (bicyclic) bond motifs is 8. The van der Waals surface area contributed by atoms with Crippen molar-refractivity contribution in [3.63, 3.8) is 0 Å². The maximum absolute atomic E-state index is 7.79. The first-order valence-corrected chi connectivity index (χ1v) is 38.9. The first-order valence-electron chi connectivity index (χ1n) is 38.9.